The van der Waals surface area contributed by atoms with E-state index < -0.39 is 0 Å². The van der Waals surface area contributed by atoms with Crippen LogP contribution in [0, 0.1) is 5.82 Å². The van der Waals surface area contributed by atoms with E-state index in [1.165, 1.54) is 25.0 Å². The molecule has 0 fully saturated rings. The Balaban J connectivity index is 2.31. The molecular formula is C12H18FNO. The molecule has 0 aliphatic heterocycles. The fraction of sp³-hybridized carbons (Fsp3) is 0.500. The zero-order valence-corrected chi connectivity index (χ0v) is 9.13. The molecule has 15 heavy (non-hydrogen) atoms. The van der Waals surface area contributed by atoms with Gasteiger partial charge in [0.2, 0.25) is 0 Å². The number of halogens is 1. The lowest BCUT2D eigenvalue weighted by molar-refractivity contribution is 0.117. The summed E-state index contributed by atoms with van der Waals surface area (Å²) in [5, 5.41) is 0. The molecule has 0 aromatic heterocycles. The second kappa shape index (κ2) is 6.40. The molecule has 0 radical (unpaired) electrons. The molecule has 1 rings (SSSR count). The quantitative estimate of drug-likeness (QED) is 0.579. The molecule has 2 N–H and O–H groups in total. The van der Waals surface area contributed by atoms with Gasteiger partial charge in [-0.25, -0.2) is 4.39 Å². The third kappa shape index (κ3) is 4.30. The molecule has 0 aliphatic carbocycles. The van der Waals surface area contributed by atoms with Crippen molar-refractivity contribution < 1.29 is 9.13 Å². The van der Waals surface area contributed by atoms with E-state index in [2.05, 4.69) is 6.92 Å². The molecule has 3 heteroatoms. The predicted octanol–water partition coefficient (Wildman–Crippen LogP) is 3.11. The summed E-state index contributed by atoms with van der Waals surface area (Å²) in [5.74, 6) is -0.303. The summed E-state index contributed by atoms with van der Waals surface area (Å²) >= 11 is 0. The Kier molecular flexibility index (Phi) is 5.12. The van der Waals surface area contributed by atoms with E-state index in [-0.39, 0.29) is 5.82 Å². The van der Waals surface area contributed by atoms with Crippen molar-refractivity contribution in [3.05, 3.63) is 29.6 Å². The standard InChI is InChI=1S/C12H18FNO/c1-2-3-4-7-15-9-10-5-6-11(13)8-12(10)14/h5-6,8H,2-4,7,9,14H2,1H3. The lowest BCUT2D eigenvalue weighted by Crippen LogP contribution is -2.00. The van der Waals surface area contributed by atoms with Gasteiger partial charge in [0.25, 0.3) is 0 Å². The molecule has 0 aliphatic rings. The van der Waals surface area contributed by atoms with E-state index >= 15 is 0 Å². The van der Waals surface area contributed by atoms with Gasteiger partial charge < -0.3 is 10.5 Å². The zero-order chi connectivity index (χ0) is 11.1. The number of rotatable bonds is 6. The smallest absolute Gasteiger partial charge is 0.125 e. The Morgan fingerprint density at radius 3 is 2.80 bits per heavy atom. The normalized spacial score (nSPS) is 10.5. The van der Waals surface area contributed by atoms with Crippen LogP contribution in [-0.4, -0.2) is 6.61 Å². The number of hydrogen-bond donors (Lipinski definition) is 1. The highest BCUT2D eigenvalue weighted by Crippen LogP contribution is 2.14. The molecule has 0 heterocycles. The van der Waals surface area contributed by atoms with Crippen molar-refractivity contribution in [2.75, 3.05) is 12.3 Å². The highest BCUT2D eigenvalue weighted by molar-refractivity contribution is 5.46. The van der Waals surface area contributed by atoms with Gasteiger partial charge in [0.15, 0.2) is 0 Å². The first kappa shape index (κ1) is 12.0. The molecule has 0 unspecified atom stereocenters. The lowest BCUT2D eigenvalue weighted by Gasteiger charge is -2.06. The summed E-state index contributed by atoms with van der Waals surface area (Å²) in [5.41, 5.74) is 6.96. The van der Waals surface area contributed by atoms with Crippen molar-refractivity contribution in [2.45, 2.75) is 32.8 Å². The average molecular weight is 211 g/mol. The number of unbranched alkanes of at least 4 members (excludes halogenated alkanes) is 2. The zero-order valence-electron chi connectivity index (χ0n) is 9.13. The second-order valence-corrected chi connectivity index (χ2v) is 3.60. The van der Waals surface area contributed by atoms with Gasteiger partial charge in [-0.1, -0.05) is 25.8 Å². The third-order valence-corrected chi connectivity index (χ3v) is 2.26. The first-order valence-corrected chi connectivity index (χ1v) is 5.35. The van der Waals surface area contributed by atoms with E-state index in [4.69, 9.17) is 10.5 Å². The lowest BCUT2D eigenvalue weighted by atomic mass is 10.2. The van der Waals surface area contributed by atoms with Crippen LogP contribution >= 0.6 is 0 Å². The fourth-order valence-corrected chi connectivity index (χ4v) is 1.33. The third-order valence-electron chi connectivity index (χ3n) is 2.26. The topological polar surface area (TPSA) is 35.2 Å². The predicted molar refractivity (Wildman–Crippen MR) is 60.0 cm³/mol. The molecular weight excluding hydrogens is 193 g/mol. The SMILES string of the molecule is CCCCCOCc1ccc(F)cc1N. The molecule has 0 atom stereocenters. The number of nitrogen functional groups attached to an aromatic ring is 1. The van der Waals surface area contributed by atoms with Crippen molar-refractivity contribution >= 4 is 5.69 Å². The van der Waals surface area contributed by atoms with Crippen LogP contribution in [0.3, 0.4) is 0 Å². The molecule has 1 aromatic carbocycles. The summed E-state index contributed by atoms with van der Waals surface area (Å²) in [4.78, 5) is 0. The summed E-state index contributed by atoms with van der Waals surface area (Å²) in [6, 6.07) is 4.40. The van der Waals surface area contributed by atoms with E-state index in [1.54, 1.807) is 6.07 Å². The molecule has 0 amide bonds. The summed E-state index contributed by atoms with van der Waals surface area (Å²) in [6.45, 7) is 3.36. The summed E-state index contributed by atoms with van der Waals surface area (Å²) in [6.07, 6.45) is 3.43. The Bertz CT molecular complexity index is 302. The minimum Gasteiger partial charge on any atom is -0.398 e. The van der Waals surface area contributed by atoms with Crippen molar-refractivity contribution in [1.82, 2.24) is 0 Å². The number of hydrogen-bond acceptors (Lipinski definition) is 2. The van der Waals surface area contributed by atoms with E-state index in [0.29, 0.717) is 12.3 Å². The number of benzene rings is 1. The molecule has 1 aromatic rings. The summed E-state index contributed by atoms with van der Waals surface area (Å²) in [7, 11) is 0. The highest BCUT2D eigenvalue weighted by Gasteiger charge is 2.00. The Morgan fingerprint density at radius 1 is 1.33 bits per heavy atom. The van der Waals surface area contributed by atoms with Gasteiger partial charge in [0, 0.05) is 17.9 Å². The monoisotopic (exact) mass is 211 g/mol. The van der Waals surface area contributed by atoms with Crippen molar-refractivity contribution in [1.29, 1.82) is 0 Å². The van der Waals surface area contributed by atoms with Crippen LogP contribution in [0.15, 0.2) is 18.2 Å². The Hall–Kier alpha value is -1.09. The average Bonchev–Trinajstić information content (AvgIpc) is 2.20. The molecule has 0 bridgehead atoms. The second-order valence-electron chi connectivity index (χ2n) is 3.60. The van der Waals surface area contributed by atoms with Gasteiger partial charge in [0.05, 0.1) is 6.61 Å². The molecule has 0 saturated heterocycles. The van der Waals surface area contributed by atoms with Crippen LogP contribution in [0.1, 0.15) is 31.7 Å². The highest BCUT2D eigenvalue weighted by atomic mass is 19.1. The van der Waals surface area contributed by atoms with Gasteiger partial charge in [-0.05, 0) is 18.6 Å². The van der Waals surface area contributed by atoms with Crippen molar-refractivity contribution in [3.63, 3.8) is 0 Å². The minimum atomic E-state index is -0.303. The number of nitrogens with two attached hydrogens (primary N) is 1. The number of ether oxygens (including phenoxy) is 1. The van der Waals surface area contributed by atoms with Crippen LogP contribution in [0.2, 0.25) is 0 Å². The van der Waals surface area contributed by atoms with Crippen molar-refractivity contribution in [3.8, 4) is 0 Å². The van der Waals surface area contributed by atoms with Crippen LogP contribution in [-0.2, 0) is 11.3 Å². The largest absolute Gasteiger partial charge is 0.398 e. The van der Waals surface area contributed by atoms with Crippen LogP contribution < -0.4 is 5.73 Å². The molecule has 0 saturated carbocycles. The maximum absolute atomic E-state index is 12.7. The van der Waals surface area contributed by atoms with Crippen LogP contribution in [0.5, 0.6) is 0 Å². The van der Waals surface area contributed by atoms with Crippen LogP contribution in [0.4, 0.5) is 10.1 Å². The Labute approximate surface area is 90.2 Å². The Morgan fingerprint density at radius 2 is 2.13 bits per heavy atom. The van der Waals surface area contributed by atoms with Gasteiger partial charge in [-0.2, -0.15) is 0 Å². The van der Waals surface area contributed by atoms with Gasteiger partial charge in [-0.15, -0.1) is 0 Å². The first-order chi connectivity index (χ1) is 7.24. The molecule has 0 spiro atoms. The maximum atomic E-state index is 12.7. The molecule has 2 nitrogen and oxygen atoms in total. The van der Waals surface area contributed by atoms with Gasteiger partial charge in [0.1, 0.15) is 5.82 Å². The maximum Gasteiger partial charge on any atom is 0.125 e. The molecule has 84 valence electrons. The minimum absolute atomic E-state index is 0.303. The summed E-state index contributed by atoms with van der Waals surface area (Å²) < 4.78 is 18.2. The first-order valence-electron chi connectivity index (χ1n) is 5.35. The van der Waals surface area contributed by atoms with E-state index in [0.717, 1.165) is 18.6 Å². The fourth-order valence-electron chi connectivity index (χ4n) is 1.33. The van der Waals surface area contributed by atoms with Gasteiger partial charge in [-0.3, -0.25) is 0 Å². The van der Waals surface area contributed by atoms with Crippen LogP contribution in [0.25, 0.3) is 0 Å². The van der Waals surface area contributed by atoms with E-state index in [9.17, 15) is 4.39 Å². The van der Waals surface area contributed by atoms with E-state index in [1.807, 2.05) is 0 Å². The number of anilines is 1. The van der Waals surface area contributed by atoms with Gasteiger partial charge >= 0.3 is 0 Å². The van der Waals surface area contributed by atoms with Crippen molar-refractivity contribution in [2.24, 2.45) is 0 Å².